The van der Waals surface area contributed by atoms with Crippen LogP contribution in [0, 0.1) is 0 Å². The first-order valence-electron chi connectivity index (χ1n) is 11.8. The second-order valence-electron chi connectivity index (χ2n) is 8.79. The minimum absolute atomic E-state index is 1.07. The van der Waals surface area contributed by atoms with Gasteiger partial charge < -0.3 is 0 Å². The summed E-state index contributed by atoms with van der Waals surface area (Å²) in [6.07, 6.45) is 4.43. The van der Waals surface area contributed by atoms with Crippen LogP contribution in [0.3, 0.4) is 0 Å². The maximum absolute atomic E-state index is 2.54. The van der Waals surface area contributed by atoms with Crippen LogP contribution in [0.5, 0.6) is 0 Å². The number of benzene rings is 3. The molecule has 0 N–H and O–H groups in total. The molecule has 1 heteroatoms. The van der Waals surface area contributed by atoms with Crippen LogP contribution in [0.4, 0.5) is 0 Å². The zero-order valence-electron chi connectivity index (χ0n) is 18.9. The number of hydrogen-bond donors (Lipinski definition) is 0. The second kappa shape index (κ2) is 7.71. The van der Waals surface area contributed by atoms with E-state index in [9.17, 15) is 0 Å². The fourth-order valence-corrected chi connectivity index (χ4v) is 5.99. The van der Waals surface area contributed by atoms with Gasteiger partial charge in [-0.05, 0) is 100.0 Å². The average molecular weight is 396 g/mol. The van der Waals surface area contributed by atoms with Gasteiger partial charge in [0.05, 0.1) is 0 Å². The van der Waals surface area contributed by atoms with Gasteiger partial charge in [-0.25, -0.2) is 0 Å². The van der Waals surface area contributed by atoms with Crippen molar-refractivity contribution in [1.29, 1.82) is 0 Å². The van der Waals surface area contributed by atoms with E-state index in [-0.39, 0.29) is 0 Å². The lowest BCUT2D eigenvalue weighted by Crippen LogP contribution is -2.22. The highest BCUT2D eigenvalue weighted by molar-refractivity contribution is 5.91. The number of nitrogens with zero attached hydrogens (tertiary/aromatic N) is 1. The van der Waals surface area contributed by atoms with Crippen molar-refractivity contribution in [3.8, 4) is 22.3 Å². The maximum Gasteiger partial charge on any atom is 0.0236 e. The maximum atomic E-state index is 2.54. The lowest BCUT2D eigenvalue weighted by molar-refractivity contribution is 0.295. The van der Waals surface area contributed by atoms with Crippen LogP contribution in [-0.2, 0) is 32.2 Å². The molecule has 0 fully saturated rings. The summed E-state index contributed by atoms with van der Waals surface area (Å²) in [4.78, 5) is 2.54. The second-order valence-corrected chi connectivity index (χ2v) is 8.79. The Balaban J connectivity index is 1.73. The van der Waals surface area contributed by atoms with Gasteiger partial charge in [-0.3, -0.25) is 4.90 Å². The molecule has 154 valence electrons. The monoisotopic (exact) mass is 395 g/mol. The molecule has 0 amide bonds. The van der Waals surface area contributed by atoms with E-state index >= 15 is 0 Å². The molecule has 0 spiro atoms. The van der Waals surface area contributed by atoms with E-state index in [1.165, 1.54) is 22.3 Å². The first kappa shape index (κ1) is 19.6. The highest BCUT2D eigenvalue weighted by Crippen LogP contribution is 2.51. The Kier molecular flexibility index (Phi) is 5.03. The molecule has 0 saturated carbocycles. The smallest absolute Gasteiger partial charge is 0.0236 e. The molecule has 1 nitrogen and oxygen atoms in total. The van der Waals surface area contributed by atoms with Crippen molar-refractivity contribution in [2.45, 2.75) is 59.9 Å². The van der Waals surface area contributed by atoms with Crippen LogP contribution >= 0.6 is 0 Å². The van der Waals surface area contributed by atoms with E-state index < -0.39 is 0 Å². The largest absolute Gasteiger partial charge is 0.300 e. The quantitative estimate of drug-likeness (QED) is 0.306. The topological polar surface area (TPSA) is 3.24 Å². The number of rotatable bonds is 6. The van der Waals surface area contributed by atoms with Crippen LogP contribution in [-0.4, -0.2) is 18.0 Å². The molecule has 0 atom stereocenters. The summed E-state index contributed by atoms with van der Waals surface area (Å²) in [5.74, 6) is 0. The van der Waals surface area contributed by atoms with Gasteiger partial charge in [0.2, 0.25) is 0 Å². The van der Waals surface area contributed by atoms with Crippen molar-refractivity contribution in [3.63, 3.8) is 0 Å². The lowest BCUT2D eigenvalue weighted by Gasteiger charge is -2.20. The molecular weight excluding hydrogens is 362 g/mol. The van der Waals surface area contributed by atoms with Gasteiger partial charge in [0.15, 0.2) is 0 Å². The van der Waals surface area contributed by atoms with Gasteiger partial charge >= 0.3 is 0 Å². The van der Waals surface area contributed by atoms with E-state index in [0.29, 0.717) is 0 Å². The molecule has 0 saturated heterocycles. The first-order valence-corrected chi connectivity index (χ1v) is 11.8. The minimum atomic E-state index is 1.07. The highest BCUT2D eigenvalue weighted by Gasteiger charge is 2.33. The van der Waals surface area contributed by atoms with Crippen LogP contribution in [0.1, 0.15) is 66.6 Å². The Morgan fingerprint density at radius 3 is 2.00 bits per heavy atom. The van der Waals surface area contributed by atoms with E-state index in [4.69, 9.17) is 0 Å². The van der Waals surface area contributed by atoms with Crippen LogP contribution in [0.25, 0.3) is 22.3 Å². The fourth-order valence-electron chi connectivity index (χ4n) is 5.99. The third kappa shape index (κ3) is 2.79. The number of fused-ring (bicyclic) bond motifs is 6. The normalized spacial score (nSPS) is 13.4. The summed E-state index contributed by atoms with van der Waals surface area (Å²) in [6, 6.07) is 16.1. The molecule has 0 radical (unpaired) electrons. The standard InChI is InChI=1S/C29H33N/c1-5-21-26-16-19-12-9-10-14-23(19)28(26)22(6-2)27-17-25-20(18-30(7-3)8-4)13-11-15-24(25)29(21)27/h9-15H,5-8,16-18H2,1-4H3. The summed E-state index contributed by atoms with van der Waals surface area (Å²) in [6.45, 7) is 12.5. The molecule has 30 heavy (non-hydrogen) atoms. The minimum Gasteiger partial charge on any atom is -0.300 e. The molecule has 0 aromatic heterocycles. The Morgan fingerprint density at radius 1 is 0.667 bits per heavy atom. The molecule has 0 bridgehead atoms. The fraction of sp³-hybridized carbons (Fsp3) is 0.379. The Morgan fingerprint density at radius 2 is 1.30 bits per heavy atom. The van der Waals surface area contributed by atoms with Gasteiger partial charge in [0, 0.05) is 6.54 Å². The first-order chi connectivity index (χ1) is 14.7. The van der Waals surface area contributed by atoms with Crippen LogP contribution < -0.4 is 0 Å². The van der Waals surface area contributed by atoms with E-state index in [1.54, 1.807) is 38.9 Å². The Labute approximate surface area is 181 Å². The zero-order valence-corrected chi connectivity index (χ0v) is 18.9. The van der Waals surface area contributed by atoms with E-state index in [0.717, 1.165) is 45.3 Å². The van der Waals surface area contributed by atoms with Crippen LogP contribution in [0.15, 0.2) is 42.5 Å². The summed E-state index contributed by atoms with van der Waals surface area (Å²) in [5, 5.41) is 0. The summed E-state index contributed by atoms with van der Waals surface area (Å²) in [5.41, 5.74) is 17.2. The summed E-state index contributed by atoms with van der Waals surface area (Å²) >= 11 is 0. The SMILES string of the molecule is CCc1c2c(c(CC)c3c1-c1ccccc1C3)-c1cccc(CN(CC)CC)c1C2. The van der Waals surface area contributed by atoms with Crippen molar-refractivity contribution < 1.29 is 0 Å². The predicted octanol–water partition coefficient (Wildman–Crippen LogP) is 6.80. The number of hydrogen-bond acceptors (Lipinski definition) is 1. The summed E-state index contributed by atoms with van der Waals surface area (Å²) in [7, 11) is 0. The van der Waals surface area contributed by atoms with E-state index in [1.807, 2.05) is 0 Å². The van der Waals surface area contributed by atoms with Gasteiger partial charge in [-0.2, -0.15) is 0 Å². The highest BCUT2D eigenvalue weighted by atomic mass is 15.1. The lowest BCUT2D eigenvalue weighted by atomic mass is 9.84. The zero-order chi connectivity index (χ0) is 20.8. The van der Waals surface area contributed by atoms with Gasteiger partial charge in [-0.1, -0.05) is 70.2 Å². The van der Waals surface area contributed by atoms with Crippen LogP contribution in [0.2, 0.25) is 0 Å². The third-order valence-corrected chi connectivity index (χ3v) is 7.48. The molecular formula is C29H33N. The van der Waals surface area contributed by atoms with Crippen molar-refractivity contribution >= 4 is 0 Å². The van der Waals surface area contributed by atoms with Gasteiger partial charge in [-0.15, -0.1) is 0 Å². The molecule has 3 aromatic carbocycles. The Bertz CT molecular complexity index is 1120. The predicted molar refractivity (Wildman–Crippen MR) is 128 cm³/mol. The molecule has 0 unspecified atom stereocenters. The van der Waals surface area contributed by atoms with Gasteiger partial charge in [0.1, 0.15) is 0 Å². The molecule has 5 rings (SSSR count). The summed E-state index contributed by atoms with van der Waals surface area (Å²) < 4.78 is 0. The molecule has 0 heterocycles. The van der Waals surface area contributed by atoms with Crippen molar-refractivity contribution in [3.05, 3.63) is 81.4 Å². The van der Waals surface area contributed by atoms with Gasteiger partial charge in [0.25, 0.3) is 0 Å². The third-order valence-electron chi connectivity index (χ3n) is 7.48. The Hall–Kier alpha value is -2.38. The van der Waals surface area contributed by atoms with E-state index in [2.05, 4.69) is 75.1 Å². The average Bonchev–Trinajstić information content (AvgIpc) is 3.35. The van der Waals surface area contributed by atoms with Crippen molar-refractivity contribution in [1.82, 2.24) is 4.90 Å². The van der Waals surface area contributed by atoms with Crippen molar-refractivity contribution in [2.24, 2.45) is 0 Å². The molecule has 0 aliphatic heterocycles. The van der Waals surface area contributed by atoms with Crippen molar-refractivity contribution in [2.75, 3.05) is 13.1 Å². The molecule has 3 aromatic rings. The molecule has 2 aliphatic rings. The molecule has 2 aliphatic carbocycles.